The number of nitrogens with zero attached hydrogens (tertiary/aromatic N) is 1. The molecule has 0 radical (unpaired) electrons. The molecule has 0 fully saturated rings. The average molecular weight is 338 g/mol. The summed E-state index contributed by atoms with van der Waals surface area (Å²) in [5, 5.41) is 12.6. The van der Waals surface area contributed by atoms with Crippen molar-refractivity contribution in [2.45, 2.75) is 18.9 Å². The Hall–Kier alpha value is -1.91. The van der Waals surface area contributed by atoms with E-state index in [1.807, 2.05) is 18.2 Å². The number of carboxylic acids is 1. The molecule has 0 spiro atoms. The molecule has 1 unspecified atom stereocenters. The first-order valence-corrected chi connectivity index (χ1v) is 7.36. The third-order valence-corrected chi connectivity index (χ3v) is 4.05. The molecule has 2 rings (SSSR count). The van der Waals surface area contributed by atoms with Crippen LogP contribution in [0.15, 0.2) is 47.6 Å². The summed E-state index contributed by atoms with van der Waals surface area (Å²) in [6.45, 7) is 0. The molecule has 0 aromatic heterocycles. The SMILES string of the molecule is O=NC(CCC(=O)O)c1ccc(-c2ccc(Cl)c(Cl)c2)cc1. The van der Waals surface area contributed by atoms with Gasteiger partial charge in [0.25, 0.3) is 0 Å². The Balaban J connectivity index is 2.19. The summed E-state index contributed by atoms with van der Waals surface area (Å²) in [6.07, 6.45) is 0.0932. The maximum Gasteiger partial charge on any atom is 0.303 e. The molecule has 4 nitrogen and oxygen atoms in total. The number of aliphatic carboxylic acids is 1. The van der Waals surface area contributed by atoms with Gasteiger partial charge in [-0.2, -0.15) is 4.91 Å². The molecule has 0 aliphatic heterocycles. The summed E-state index contributed by atoms with van der Waals surface area (Å²) in [5.74, 6) is -0.943. The van der Waals surface area contributed by atoms with Crippen LogP contribution in [0.5, 0.6) is 0 Å². The largest absolute Gasteiger partial charge is 0.481 e. The summed E-state index contributed by atoms with van der Waals surface area (Å²) in [4.78, 5) is 21.5. The van der Waals surface area contributed by atoms with Gasteiger partial charge < -0.3 is 5.11 Å². The smallest absolute Gasteiger partial charge is 0.303 e. The van der Waals surface area contributed by atoms with Crippen LogP contribution in [-0.2, 0) is 4.79 Å². The molecule has 0 saturated heterocycles. The molecule has 1 N–H and O–H groups in total. The van der Waals surface area contributed by atoms with Crippen molar-refractivity contribution in [2.24, 2.45) is 5.18 Å². The monoisotopic (exact) mass is 337 g/mol. The number of halogens is 2. The van der Waals surface area contributed by atoms with Gasteiger partial charge in [-0.3, -0.25) is 4.79 Å². The molecule has 2 aromatic rings. The van der Waals surface area contributed by atoms with Crippen molar-refractivity contribution < 1.29 is 9.90 Å². The Morgan fingerprint density at radius 1 is 1.05 bits per heavy atom. The van der Waals surface area contributed by atoms with Crippen molar-refractivity contribution in [1.29, 1.82) is 0 Å². The lowest BCUT2D eigenvalue weighted by Crippen LogP contribution is -2.00. The summed E-state index contributed by atoms with van der Waals surface area (Å²) >= 11 is 11.9. The van der Waals surface area contributed by atoms with Crippen LogP contribution in [0.4, 0.5) is 0 Å². The van der Waals surface area contributed by atoms with Crippen molar-refractivity contribution in [2.75, 3.05) is 0 Å². The van der Waals surface area contributed by atoms with Crippen LogP contribution in [0.1, 0.15) is 24.4 Å². The highest BCUT2D eigenvalue weighted by Crippen LogP contribution is 2.30. The lowest BCUT2D eigenvalue weighted by atomic mass is 9.99. The van der Waals surface area contributed by atoms with Crippen LogP contribution in [0, 0.1) is 4.91 Å². The third kappa shape index (κ3) is 4.06. The predicted molar refractivity (Wildman–Crippen MR) is 87.3 cm³/mol. The minimum atomic E-state index is -0.943. The van der Waals surface area contributed by atoms with E-state index in [2.05, 4.69) is 5.18 Å². The zero-order valence-corrected chi connectivity index (χ0v) is 13.0. The van der Waals surface area contributed by atoms with Gasteiger partial charge in [-0.15, -0.1) is 0 Å². The van der Waals surface area contributed by atoms with Crippen LogP contribution >= 0.6 is 23.2 Å². The van der Waals surface area contributed by atoms with Crippen LogP contribution in [0.25, 0.3) is 11.1 Å². The number of hydrogen-bond acceptors (Lipinski definition) is 3. The molecule has 6 heteroatoms. The normalized spacial score (nSPS) is 11.9. The van der Waals surface area contributed by atoms with Crippen molar-refractivity contribution in [3.05, 3.63) is 63.0 Å². The van der Waals surface area contributed by atoms with Gasteiger partial charge >= 0.3 is 5.97 Å². The second-order valence-corrected chi connectivity index (χ2v) is 5.62. The second kappa shape index (κ2) is 7.38. The molecule has 0 amide bonds. The first kappa shape index (κ1) is 16.5. The fourth-order valence-corrected chi connectivity index (χ4v) is 2.41. The maximum absolute atomic E-state index is 10.9. The Morgan fingerprint density at radius 3 is 2.23 bits per heavy atom. The van der Waals surface area contributed by atoms with E-state index < -0.39 is 12.0 Å². The quantitative estimate of drug-likeness (QED) is 0.724. The fraction of sp³-hybridized carbons (Fsp3) is 0.188. The molecule has 0 bridgehead atoms. The van der Waals surface area contributed by atoms with Gasteiger partial charge in [0, 0.05) is 6.42 Å². The first-order chi connectivity index (χ1) is 10.5. The minimum absolute atomic E-state index is 0.0923. The van der Waals surface area contributed by atoms with Gasteiger partial charge in [0.15, 0.2) is 0 Å². The van der Waals surface area contributed by atoms with Crippen molar-refractivity contribution in [3.63, 3.8) is 0 Å². The lowest BCUT2D eigenvalue weighted by molar-refractivity contribution is -0.137. The summed E-state index contributed by atoms with van der Waals surface area (Å²) in [6, 6.07) is 11.9. The van der Waals surface area contributed by atoms with Gasteiger partial charge in [-0.05, 0) is 35.2 Å². The highest BCUT2D eigenvalue weighted by Gasteiger charge is 2.14. The third-order valence-electron chi connectivity index (χ3n) is 3.31. The zero-order valence-electron chi connectivity index (χ0n) is 11.5. The summed E-state index contributed by atoms with van der Waals surface area (Å²) < 4.78 is 0. The molecule has 1 atom stereocenters. The molecule has 0 heterocycles. The van der Waals surface area contributed by atoms with E-state index in [4.69, 9.17) is 28.3 Å². The zero-order chi connectivity index (χ0) is 16.1. The number of hydrogen-bond donors (Lipinski definition) is 1. The van der Waals surface area contributed by atoms with Crippen molar-refractivity contribution in [1.82, 2.24) is 0 Å². The van der Waals surface area contributed by atoms with E-state index in [1.54, 1.807) is 24.3 Å². The van der Waals surface area contributed by atoms with Crippen LogP contribution in [-0.4, -0.2) is 11.1 Å². The first-order valence-electron chi connectivity index (χ1n) is 6.61. The summed E-state index contributed by atoms with van der Waals surface area (Å²) in [7, 11) is 0. The average Bonchev–Trinajstić information content (AvgIpc) is 2.51. The van der Waals surface area contributed by atoms with E-state index in [-0.39, 0.29) is 12.8 Å². The molecular formula is C16H13Cl2NO3. The van der Waals surface area contributed by atoms with E-state index >= 15 is 0 Å². The molecule has 22 heavy (non-hydrogen) atoms. The highest BCUT2D eigenvalue weighted by molar-refractivity contribution is 6.42. The van der Waals surface area contributed by atoms with Crippen LogP contribution in [0.3, 0.4) is 0 Å². The Labute approximate surface area is 137 Å². The number of carbonyl (C=O) groups is 1. The van der Waals surface area contributed by atoms with Gasteiger partial charge in [-0.1, -0.05) is 58.7 Å². The molecule has 0 aliphatic carbocycles. The number of carboxylic acid groups (broad SMARTS) is 1. The van der Waals surface area contributed by atoms with Crippen molar-refractivity contribution >= 4 is 29.2 Å². The van der Waals surface area contributed by atoms with Gasteiger partial charge in [-0.25, -0.2) is 0 Å². The number of nitroso groups, excluding NO2 is 1. The number of benzene rings is 2. The topological polar surface area (TPSA) is 66.7 Å². The Bertz CT molecular complexity index is 686. The standard InChI is InChI=1S/C16H13Cl2NO3/c17-13-6-5-12(9-14(13)18)10-1-3-11(4-2-10)15(19-22)7-8-16(20)21/h1-6,9,15H,7-8H2,(H,20,21). The number of rotatable bonds is 6. The highest BCUT2D eigenvalue weighted by atomic mass is 35.5. The van der Waals surface area contributed by atoms with E-state index in [9.17, 15) is 9.70 Å². The van der Waals surface area contributed by atoms with Gasteiger partial charge in [0.2, 0.25) is 0 Å². The predicted octanol–water partition coefficient (Wildman–Crippen LogP) is 5.33. The minimum Gasteiger partial charge on any atom is -0.481 e. The summed E-state index contributed by atoms with van der Waals surface area (Å²) in [5.41, 5.74) is 2.52. The maximum atomic E-state index is 10.9. The van der Waals surface area contributed by atoms with E-state index in [0.29, 0.717) is 15.6 Å². The lowest BCUT2D eigenvalue weighted by Gasteiger charge is -2.09. The van der Waals surface area contributed by atoms with Crippen molar-refractivity contribution in [3.8, 4) is 11.1 Å². The van der Waals surface area contributed by atoms with Gasteiger partial charge in [0.1, 0.15) is 6.04 Å². The van der Waals surface area contributed by atoms with E-state index in [0.717, 1.165) is 11.1 Å². The molecule has 0 aliphatic rings. The van der Waals surface area contributed by atoms with Crippen LogP contribution < -0.4 is 0 Å². The fourth-order valence-electron chi connectivity index (χ4n) is 2.11. The molecule has 114 valence electrons. The molecule has 2 aromatic carbocycles. The van der Waals surface area contributed by atoms with Gasteiger partial charge in [0.05, 0.1) is 10.0 Å². The van der Waals surface area contributed by atoms with E-state index in [1.165, 1.54) is 0 Å². The Morgan fingerprint density at radius 2 is 1.68 bits per heavy atom. The second-order valence-electron chi connectivity index (χ2n) is 4.80. The Kier molecular flexibility index (Phi) is 5.52. The molecular weight excluding hydrogens is 325 g/mol. The van der Waals surface area contributed by atoms with Crippen LogP contribution in [0.2, 0.25) is 10.0 Å². The molecule has 0 saturated carbocycles.